The van der Waals surface area contributed by atoms with Gasteiger partial charge in [-0.3, -0.25) is 4.79 Å². The zero-order valence-corrected chi connectivity index (χ0v) is 15.9. The third-order valence-electron chi connectivity index (χ3n) is 4.99. The highest BCUT2D eigenvalue weighted by Crippen LogP contribution is 2.32. The summed E-state index contributed by atoms with van der Waals surface area (Å²) in [7, 11) is 0. The summed E-state index contributed by atoms with van der Waals surface area (Å²) in [5, 5.41) is 12.8. The fourth-order valence-corrected chi connectivity index (χ4v) is 3.67. The van der Waals surface area contributed by atoms with Gasteiger partial charge in [-0.2, -0.15) is 5.26 Å². The highest BCUT2D eigenvalue weighted by Gasteiger charge is 2.27. The molecule has 0 aliphatic carbocycles. The summed E-state index contributed by atoms with van der Waals surface area (Å²) in [6, 6.07) is 12.5. The Balaban J connectivity index is 1.57. The lowest BCUT2D eigenvalue weighted by molar-refractivity contribution is -0.125. The first-order valence-electron chi connectivity index (χ1n) is 8.96. The first kappa shape index (κ1) is 19.2. The largest absolute Gasteiger partial charge is 0.369 e. The molecule has 1 amide bonds. The number of carbonyl (C=O) groups is 1. The Morgan fingerprint density at radius 1 is 1.33 bits per heavy atom. The minimum atomic E-state index is -0.261. The summed E-state index contributed by atoms with van der Waals surface area (Å²) in [5.41, 5.74) is 2.63. The van der Waals surface area contributed by atoms with E-state index < -0.39 is 0 Å². The van der Waals surface area contributed by atoms with Gasteiger partial charge in [-0.15, -0.1) is 0 Å². The minimum absolute atomic E-state index is 0.0182. The van der Waals surface area contributed by atoms with Crippen LogP contribution in [-0.4, -0.2) is 19.0 Å². The van der Waals surface area contributed by atoms with Crippen molar-refractivity contribution in [3.05, 3.63) is 63.9 Å². The quantitative estimate of drug-likeness (QED) is 0.858. The molecule has 0 radical (unpaired) electrons. The average molecular weight is 386 g/mol. The molecule has 0 aromatic heterocycles. The number of carbonyl (C=O) groups excluding carboxylic acids is 1. The van der Waals surface area contributed by atoms with E-state index in [0.717, 1.165) is 11.3 Å². The summed E-state index contributed by atoms with van der Waals surface area (Å²) >= 11 is 6.28. The van der Waals surface area contributed by atoms with Gasteiger partial charge in [0.2, 0.25) is 5.91 Å². The maximum absolute atomic E-state index is 13.6. The molecule has 0 atom stereocenters. The van der Waals surface area contributed by atoms with E-state index in [1.54, 1.807) is 31.2 Å². The fraction of sp³-hybridized carbons (Fsp3) is 0.333. The SMILES string of the molecule is Cc1ccc(CNC(=O)C2CCN(c3c(Cl)cccc3C#N)CC2)cc1F. The monoisotopic (exact) mass is 385 g/mol. The lowest BCUT2D eigenvalue weighted by Crippen LogP contribution is -2.40. The Labute approximate surface area is 163 Å². The predicted molar refractivity (Wildman–Crippen MR) is 104 cm³/mol. The van der Waals surface area contributed by atoms with E-state index in [9.17, 15) is 14.4 Å². The zero-order valence-electron chi connectivity index (χ0n) is 15.1. The molecule has 0 spiro atoms. The van der Waals surface area contributed by atoms with Crippen LogP contribution in [0.4, 0.5) is 10.1 Å². The zero-order chi connectivity index (χ0) is 19.4. The van der Waals surface area contributed by atoms with Gasteiger partial charge >= 0.3 is 0 Å². The highest BCUT2D eigenvalue weighted by atomic mass is 35.5. The Kier molecular flexibility index (Phi) is 5.98. The number of nitrogens with one attached hydrogen (secondary N) is 1. The fourth-order valence-electron chi connectivity index (χ4n) is 3.37. The van der Waals surface area contributed by atoms with E-state index >= 15 is 0 Å². The van der Waals surface area contributed by atoms with Gasteiger partial charge in [-0.25, -0.2) is 4.39 Å². The van der Waals surface area contributed by atoms with Gasteiger partial charge in [0.25, 0.3) is 0 Å². The van der Waals surface area contributed by atoms with E-state index in [4.69, 9.17) is 11.6 Å². The van der Waals surface area contributed by atoms with Crippen LogP contribution in [0.2, 0.25) is 5.02 Å². The molecule has 1 N–H and O–H groups in total. The van der Waals surface area contributed by atoms with Gasteiger partial charge in [0.1, 0.15) is 11.9 Å². The molecule has 6 heteroatoms. The highest BCUT2D eigenvalue weighted by molar-refractivity contribution is 6.33. The van der Waals surface area contributed by atoms with Crippen LogP contribution in [-0.2, 0) is 11.3 Å². The normalized spacial score (nSPS) is 14.7. The van der Waals surface area contributed by atoms with Gasteiger partial charge in [0.15, 0.2) is 0 Å². The summed E-state index contributed by atoms with van der Waals surface area (Å²) in [5.74, 6) is -0.372. The van der Waals surface area contributed by atoms with Crippen molar-refractivity contribution in [1.82, 2.24) is 5.32 Å². The van der Waals surface area contributed by atoms with Crippen molar-refractivity contribution in [2.75, 3.05) is 18.0 Å². The topological polar surface area (TPSA) is 56.1 Å². The van der Waals surface area contributed by atoms with Crippen molar-refractivity contribution in [1.29, 1.82) is 5.26 Å². The first-order valence-corrected chi connectivity index (χ1v) is 9.33. The van der Waals surface area contributed by atoms with E-state index in [2.05, 4.69) is 16.3 Å². The third-order valence-corrected chi connectivity index (χ3v) is 5.30. The molecule has 0 unspecified atom stereocenters. The Hall–Kier alpha value is -2.58. The van der Waals surface area contributed by atoms with Crippen LogP contribution >= 0.6 is 11.6 Å². The van der Waals surface area contributed by atoms with Gasteiger partial charge in [-0.1, -0.05) is 29.8 Å². The van der Waals surface area contributed by atoms with Gasteiger partial charge < -0.3 is 10.2 Å². The first-order chi connectivity index (χ1) is 13.0. The molecule has 4 nitrogen and oxygen atoms in total. The van der Waals surface area contributed by atoms with Crippen LogP contribution in [0, 0.1) is 30.0 Å². The van der Waals surface area contributed by atoms with Crippen LogP contribution in [0.1, 0.15) is 29.5 Å². The second kappa shape index (κ2) is 8.41. The molecule has 1 fully saturated rings. The van der Waals surface area contributed by atoms with E-state index in [1.807, 2.05) is 6.07 Å². The smallest absolute Gasteiger partial charge is 0.223 e. The van der Waals surface area contributed by atoms with Crippen LogP contribution in [0.3, 0.4) is 0 Å². The summed E-state index contributed by atoms with van der Waals surface area (Å²) in [6.45, 7) is 3.35. The van der Waals surface area contributed by atoms with Crippen LogP contribution < -0.4 is 10.2 Å². The number of rotatable bonds is 4. The maximum atomic E-state index is 13.6. The number of para-hydroxylation sites is 1. The number of benzene rings is 2. The van der Waals surface area contributed by atoms with Crippen molar-refractivity contribution in [3.63, 3.8) is 0 Å². The van der Waals surface area contributed by atoms with Gasteiger partial charge in [0, 0.05) is 25.6 Å². The number of nitriles is 1. The van der Waals surface area contributed by atoms with Crippen molar-refractivity contribution in [3.8, 4) is 6.07 Å². The lowest BCUT2D eigenvalue weighted by atomic mass is 9.95. The molecule has 27 heavy (non-hydrogen) atoms. The minimum Gasteiger partial charge on any atom is -0.369 e. The number of hydrogen-bond acceptors (Lipinski definition) is 3. The molecule has 2 aromatic carbocycles. The number of aryl methyl sites for hydroxylation is 1. The van der Waals surface area contributed by atoms with E-state index in [1.165, 1.54) is 6.07 Å². The molecule has 1 heterocycles. The molecule has 3 rings (SSSR count). The number of halogens is 2. The van der Waals surface area contributed by atoms with Gasteiger partial charge in [-0.05, 0) is 49.1 Å². The Bertz CT molecular complexity index is 885. The van der Waals surface area contributed by atoms with E-state index in [-0.39, 0.29) is 17.6 Å². The standard InChI is InChI=1S/C21H21ClFN3O/c1-14-5-6-15(11-19(14)23)13-25-21(27)16-7-9-26(10-8-16)20-17(12-24)3-2-4-18(20)22/h2-6,11,16H,7-10,13H2,1H3,(H,25,27). The van der Waals surface area contributed by atoms with Gasteiger partial charge in [0.05, 0.1) is 16.3 Å². The maximum Gasteiger partial charge on any atom is 0.223 e. The van der Waals surface area contributed by atoms with Crippen LogP contribution in [0.15, 0.2) is 36.4 Å². The van der Waals surface area contributed by atoms with Crippen molar-refractivity contribution < 1.29 is 9.18 Å². The number of nitrogens with zero attached hydrogens (tertiary/aromatic N) is 2. The summed E-state index contributed by atoms with van der Waals surface area (Å²) in [4.78, 5) is 14.5. The number of amides is 1. The molecular weight excluding hydrogens is 365 g/mol. The molecule has 1 aliphatic heterocycles. The summed E-state index contributed by atoms with van der Waals surface area (Å²) < 4.78 is 13.6. The van der Waals surface area contributed by atoms with Crippen molar-refractivity contribution in [2.45, 2.75) is 26.3 Å². The molecule has 2 aromatic rings. The second-order valence-corrected chi connectivity index (χ2v) is 7.22. The third kappa shape index (κ3) is 4.40. The lowest BCUT2D eigenvalue weighted by Gasteiger charge is -2.34. The van der Waals surface area contributed by atoms with Crippen LogP contribution in [0.5, 0.6) is 0 Å². The molecule has 1 aliphatic rings. The Morgan fingerprint density at radius 3 is 2.74 bits per heavy atom. The van der Waals surface area contributed by atoms with E-state index in [0.29, 0.717) is 48.6 Å². The van der Waals surface area contributed by atoms with Crippen molar-refractivity contribution >= 4 is 23.2 Å². The predicted octanol–water partition coefficient (Wildman–Crippen LogP) is 4.19. The van der Waals surface area contributed by atoms with Crippen molar-refractivity contribution in [2.24, 2.45) is 5.92 Å². The Morgan fingerprint density at radius 2 is 2.07 bits per heavy atom. The number of piperidine rings is 1. The molecular formula is C21H21ClFN3O. The molecule has 1 saturated heterocycles. The molecule has 140 valence electrons. The summed E-state index contributed by atoms with van der Waals surface area (Å²) in [6.07, 6.45) is 1.37. The molecule has 0 saturated carbocycles. The van der Waals surface area contributed by atoms with Crippen LogP contribution in [0.25, 0.3) is 0 Å². The molecule has 0 bridgehead atoms. The average Bonchev–Trinajstić information content (AvgIpc) is 2.68. The second-order valence-electron chi connectivity index (χ2n) is 6.81. The number of anilines is 1. The number of hydrogen-bond donors (Lipinski definition) is 1.